The van der Waals surface area contributed by atoms with Gasteiger partial charge in [0.1, 0.15) is 17.6 Å². The van der Waals surface area contributed by atoms with Gasteiger partial charge >= 0.3 is 0 Å². The van der Waals surface area contributed by atoms with Crippen molar-refractivity contribution in [2.75, 3.05) is 18.8 Å². The van der Waals surface area contributed by atoms with E-state index in [2.05, 4.69) is 20.6 Å². The first kappa shape index (κ1) is 20.8. The lowest BCUT2D eigenvalue weighted by Gasteiger charge is -2.22. The van der Waals surface area contributed by atoms with Crippen LogP contribution in [0.15, 0.2) is 30.6 Å². The fraction of sp³-hybridized carbons (Fsp3) is 0.350. The third-order valence-corrected chi connectivity index (χ3v) is 5.87. The maximum Gasteiger partial charge on any atom is 0.166 e. The number of rotatable bonds is 5. The Morgan fingerprint density at radius 3 is 2.83 bits per heavy atom. The highest BCUT2D eigenvalue weighted by molar-refractivity contribution is 6.36. The molecule has 0 saturated carbocycles. The monoisotopic (exact) mass is 450 g/mol. The third-order valence-electron chi connectivity index (χ3n) is 5.16. The van der Waals surface area contributed by atoms with Crippen LogP contribution in [-0.2, 0) is 0 Å². The summed E-state index contributed by atoms with van der Waals surface area (Å²) in [6.45, 7) is 3.64. The highest BCUT2D eigenvalue weighted by atomic mass is 35.5. The minimum absolute atomic E-state index is 0.0809. The molecule has 10 heteroatoms. The third kappa shape index (κ3) is 4.21. The van der Waals surface area contributed by atoms with E-state index < -0.39 is 11.9 Å². The molecule has 3 N–H and O–H groups in total. The summed E-state index contributed by atoms with van der Waals surface area (Å²) in [4.78, 5) is 4.21. The summed E-state index contributed by atoms with van der Waals surface area (Å²) in [6, 6.07) is 4.71. The minimum atomic E-state index is -0.648. The van der Waals surface area contributed by atoms with Crippen molar-refractivity contribution in [3.63, 3.8) is 0 Å². The first-order valence-corrected chi connectivity index (χ1v) is 10.4. The van der Waals surface area contributed by atoms with Crippen LogP contribution < -0.4 is 15.8 Å². The smallest absolute Gasteiger partial charge is 0.166 e. The molecular weight excluding hydrogens is 430 g/mol. The fourth-order valence-electron chi connectivity index (χ4n) is 3.51. The Morgan fingerprint density at radius 2 is 2.07 bits per heavy atom. The van der Waals surface area contributed by atoms with Crippen molar-refractivity contribution >= 4 is 29.0 Å². The van der Waals surface area contributed by atoms with Gasteiger partial charge in [-0.1, -0.05) is 28.4 Å². The molecule has 1 fully saturated rings. The number of nitrogens with one attached hydrogen (secondary N) is 1. The number of ether oxygens (including phenoxy) is 1. The van der Waals surface area contributed by atoms with E-state index in [4.69, 9.17) is 33.7 Å². The average Bonchev–Trinajstić information content (AvgIpc) is 3.24. The van der Waals surface area contributed by atoms with E-state index in [0.717, 1.165) is 25.9 Å². The Morgan fingerprint density at radius 1 is 1.30 bits per heavy atom. The van der Waals surface area contributed by atoms with Gasteiger partial charge in [-0.3, -0.25) is 0 Å². The van der Waals surface area contributed by atoms with Crippen LogP contribution in [0.25, 0.3) is 11.3 Å². The van der Waals surface area contributed by atoms with Gasteiger partial charge in [0.05, 0.1) is 17.3 Å². The van der Waals surface area contributed by atoms with Crippen molar-refractivity contribution < 1.29 is 9.13 Å². The Hall–Kier alpha value is -2.42. The fourth-order valence-corrected chi connectivity index (χ4v) is 4.19. The molecule has 2 aromatic heterocycles. The van der Waals surface area contributed by atoms with Crippen molar-refractivity contribution in [1.29, 1.82) is 0 Å². The summed E-state index contributed by atoms with van der Waals surface area (Å²) in [6.07, 6.45) is 4.88. The number of hydrogen-bond donors (Lipinski definition) is 2. The van der Waals surface area contributed by atoms with Crippen molar-refractivity contribution in [2.45, 2.75) is 31.9 Å². The second-order valence-corrected chi connectivity index (χ2v) is 7.97. The molecule has 158 valence electrons. The number of piperidine rings is 1. The predicted octanol–water partition coefficient (Wildman–Crippen LogP) is 4.43. The number of anilines is 1. The van der Waals surface area contributed by atoms with Crippen LogP contribution >= 0.6 is 23.2 Å². The standard InChI is InChI=1S/C20H21Cl2FN6O/c1-11(18-14(21)2-3-15(23)19(18)22)30-17-8-12(9-26-20(17)24)16-10-29(28-27-16)13-4-6-25-7-5-13/h2-3,8-11,13,25H,4-7H2,1H3,(H2,24,26)/t11-/m1/s1. The molecule has 1 atom stereocenters. The van der Waals surface area contributed by atoms with Gasteiger partial charge in [-0.15, -0.1) is 5.10 Å². The van der Waals surface area contributed by atoms with E-state index in [1.165, 1.54) is 12.1 Å². The molecule has 0 unspecified atom stereocenters. The highest BCUT2D eigenvalue weighted by Crippen LogP contribution is 2.36. The van der Waals surface area contributed by atoms with Gasteiger partial charge in [0.25, 0.3) is 0 Å². The molecule has 0 aliphatic carbocycles. The lowest BCUT2D eigenvalue weighted by Crippen LogP contribution is -2.29. The topological polar surface area (TPSA) is 90.9 Å². The van der Waals surface area contributed by atoms with Crippen LogP contribution in [-0.4, -0.2) is 33.1 Å². The van der Waals surface area contributed by atoms with Crippen molar-refractivity contribution in [1.82, 2.24) is 25.3 Å². The van der Waals surface area contributed by atoms with Crippen LogP contribution in [0.4, 0.5) is 10.2 Å². The van der Waals surface area contributed by atoms with Gasteiger partial charge in [-0.05, 0) is 51.1 Å². The second kappa shape index (κ2) is 8.75. The lowest BCUT2D eigenvalue weighted by atomic mass is 10.1. The van der Waals surface area contributed by atoms with Gasteiger partial charge in [-0.2, -0.15) is 0 Å². The maximum atomic E-state index is 13.9. The number of halogens is 3. The first-order valence-electron chi connectivity index (χ1n) is 9.62. The molecule has 0 spiro atoms. The first-order chi connectivity index (χ1) is 14.4. The van der Waals surface area contributed by atoms with Crippen LogP contribution in [0, 0.1) is 5.82 Å². The van der Waals surface area contributed by atoms with Gasteiger partial charge < -0.3 is 15.8 Å². The quantitative estimate of drug-likeness (QED) is 0.558. The van der Waals surface area contributed by atoms with E-state index >= 15 is 0 Å². The van der Waals surface area contributed by atoms with Crippen LogP contribution in [0.1, 0.15) is 37.5 Å². The maximum absolute atomic E-state index is 13.9. The second-order valence-electron chi connectivity index (χ2n) is 7.19. The summed E-state index contributed by atoms with van der Waals surface area (Å²) in [5.74, 6) is -0.0475. The molecule has 3 aromatic rings. The highest BCUT2D eigenvalue weighted by Gasteiger charge is 2.21. The number of pyridine rings is 1. The summed E-state index contributed by atoms with van der Waals surface area (Å²) < 4.78 is 21.7. The summed E-state index contributed by atoms with van der Waals surface area (Å²) >= 11 is 12.3. The molecule has 0 amide bonds. The molecule has 0 radical (unpaired) electrons. The molecule has 1 saturated heterocycles. The largest absolute Gasteiger partial charge is 0.482 e. The van der Waals surface area contributed by atoms with Gasteiger partial charge in [-0.25, -0.2) is 14.1 Å². The predicted molar refractivity (Wildman–Crippen MR) is 114 cm³/mol. The molecule has 0 bridgehead atoms. The van der Waals surface area contributed by atoms with E-state index in [-0.39, 0.29) is 10.8 Å². The van der Waals surface area contributed by atoms with Gasteiger partial charge in [0, 0.05) is 22.3 Å². The van der Waals surface area contributed by atoms with Gasteiger partial charge in [0.2, 0.25) is 0 Å². The SMILES string of the molecule is C[C@@H](Oc1cc(-c2cn(C3CCNCC3)nn2)cnc1N)c1c(Cl)ccc(F)c1Cl. The zero-order valence-corrected chi connectivity index (χ0v) is 17.8. The van der Waals surface area contributed by atoms with E-state index in [1.54, 1.807) is 19.2 Å². The Labute approximate surface area is 183 Å². The zero-order valence-electron chi connectivity index (χ0n) is 16.3. The minimum Gasteiger partial charge on any atom is -0.482 e. The Balaban J connectivity index is 1.58. The molecular formula is C20H21Cl2FN6O. The molecule has 4 rings (SSSR count). The number of nitrogens with two attached hydrogens (primary N) is 1. The van der Waals surface area contributed by atoms with Crippen LogP contribution in [0.3, 0.4) is 0 Å². The Kier molecular flexibility index (Phi) is 6.08. The molecule has 1 aliphatic rings. The molecule has 3 heterocycles. The van der Waals surface area contributed by atoms with Crippen molar-refractivity contribution in [3.05, 3.63) is 52.0 Å². The number of aromatic nitrogens is 4. The molecule has 1 aromatic carbocycles. The number of benzene rings is 1. The molecule has 1 aliphatic heterocycles. The lowest BCUT2D eigenvalue weighted by molar-refractivity contribution is 0.227. The molecule has 30 heavy (non-hydrogen) atoms. The normalized spacial score (nSPS) is 15.9. The zero-order chi connectivity index (χ0) is 21.3. The number of hydrogen-bond acceptors (Lipinski definition) is 6. The van der Waals surface area contributed by atoms with E-state index in [1.807, 2.05) is 10.9 Å². The van der Waals surface area contributed by atoms with E-state index in [0.29, 0.717) is 33.6 Å². The Bertz CT molecular complexity index is 1050. The van der Waals surface area contributed by atoms with Crippen molar-refractivity contribution in [3.8, 4) is 17.0 Å². The summed E-state index contributed by atoms with van der Waals surface area (Å²) in [5.41, 5.74) is 7.72. The average molecular weight is 451 g/mol. The van der Waals surface area contributed by atoms with Crippen LogP contribution in [0.5, 0.6) is 5.75 Å². The number of nitrogen functional groups attached to an aromatic ring is 1. The molecule has 7 nitrogen and oxygen atoms in total. The van der Waals surface area contributed by atoms with Gasteiger partial charge in [0.15, 0.2) is 11.6 Å². The summed E-state index contributed by atoms with van der Waals surface area (Å²) in [7, 11) is 0. The van der Waals surface area contributed by atoms with E-state index in [9.17, 15) is 4.39 Å². The van der Waals surface area contributed by atoms with Crippen molar-refractivity contribution in [2.24, 2.45) is 0 Å². The number of nitrogens with zero attached hydrogens (tertiary/aromatic N) is 4. The van der Waals surface area contributed by atoms with Crippen LogP contribution in [0.2, 0.25) is 10.0 Å². The summed E-state index contributed by atoms with van der Waals surface area (Å²) in [5, 5.41) is 12.1.